The Morgan fingerprint density at radius 2 is 2.03 bits per heavy atom. The molecule has 0 saturated carbocycles. The zero-order valence-electron chi connectivity index (χ0n) is 16.8. The van der Waals surface area contributed by atoms with Crippen molar-refractivity contribution in [2.45, 2.75) is 32.0 Å². The van der Waals surface area contributed by atoms with Gasteiger partial charge in [-0.1, -0.05) is 25.6 Å². The predicted octanol–water partition coefficient (Wildman–Crippen LogP) is 5.36. The summed E-state index contributed by atoms with van der Waals surface area (Å²) >= 11 is 2.90. The van der Waals surface area contributed by atoms with E-state index < -0.39 is 0 Å². The zero-order chi connectivity index (χ0) is 21.1. The van der Waals surface area contributed by atoms with Crippen LogP contribution in [-0.2, 0) is 6.54 Å². The smallest absolute Gasteiger partial charge is 0.272 e. The number of rotatable bonds is 8. The molecule has 3 aromatic heterocycles. The number of thiophene rings is 1. The molecular formula is C22H22FN3O2S2. The van der Waals surface area contributed by atoms with Gasteiger partial charge in [0.05, 0.1) is 12.1 Å². The average molecular weight is 444 g/mol. The average Bonchev–Trinajstić information content (AvgIpc) is 3.11. The summed E-state index contributed by atoms with van der Waals surface area (Å²) in [5.41, 5.74) is 0.710. The highest BCUT2D eigenvalue weighted by atomic mass is 32.2. The van der Waals surface area contributed by atoms with Gasteiger partial charge in [0.15, 0.2) is 5.16 Å². The SMILES string of the molecule is CC(C)CCn1c(SCCOc2ccc(F)cc2)nc2c(sc3ncccc32)c1=O. The van der Waals surface area contributed by atoms with Crippen molar-refractivity contribution in [2.24, 2.45) is 5.92 Å². The summed E-state index contributed by atoms with van der Waals surface area (Å²) in [5.74, 6) is 1.43. The molecule has 0 saturated heterocycles. The predicted molar refractivity (Wildman–Crippen MR) is 121 cm³/mol. The number of fused-ring (bicyclic) bond motifs is 3. The number of thioether (sulfide) groups is 1. The van der Waals surface area contributed by atoms with E-state index in [0.717, 1.165) is 22.2 Å². The third kappa shape index (κ3) is 4.49. The number of hydrogen-bond acceptors (Lipinski definition) is 6. The first-order valence-electron chi connectivity index (χ1n) is 9.82. The molecule has 156 valence electrons. The number of aromatic nitrogens is 3. The Morgan fingerprint density at radius 3 is 2.80 bits per heavy atom. The van der Waals surface area contributed by atoms with E-state index in [1.54, 1.807) is 22.9 Å². The van der Waals surface area contributed by atoms with E-state index in [1.807, 2.05) is 12.1 Å². The molecule has 0 N–H and O–H groups in total. The molecule has 30 heavy (non-hydrogen) atoms. The van der Waals surface area contributed by atoms with Crippen molar-refractivity contribution < 1.29 is 9.13 Å². The van der Waals surface area contributed by atoms with Crippen molar-refractivity contribution >= 4 is 43.5 Å². The molecule has 0 bridgehead atoms. The Bertz CT molecular complexity index is 1220. The first-order chi connectivity index (χ1) is 14.5. The van der Waals surface area contributed by atoms with Gasteiger partial charge in [0.25, 0.3) is 5.56 Å². The number of halogens is 1. The molecule has 4 aromatic rings. The third-order valence-corrected chi connectivity index (χ3v) is 6.68. The Hall–Kier alpha value is -2.45. The maximum absolute atomic E-state index is 13.2. The molecule has 0 aliphatic carbocycles. The minimum absolute atomic E-state index is 0.00870. The largest absolute Gasteiger partial charge is 0.493 e. The molecule has 0 spiro atoms. The molecule has 5 nitrogen and oxygen atoms in total. The summed E-state index contributed by atoms with van der Waals surface area (Å²) in [5, 5.41) is 1.61. The van der Waals surface area contributed by atoms with Crippen molar-refractivity contribution in [3.8, 4) is 5.75 Å². The van der Waals surface area contributed by atoms with Crippen LogP contribution in [0, 0.1) is 11.7 Å². The summed E-state index contributed by atoms with van der Waals surface area (Å²) < 4.78 is 21.1. The van der Waals surface area contributed by atoms with Gasteiger partial charge in [0, 0.05) is 23.9 Å². The normalized spacial score (nSPS) is 11.6. The van der Waals surface area contributed by atoms with E-state index in [9.17, 15) is 9.18 Å². The van der Waals surface area contributed by atoms with Crippen LogP contribution in [0.3, 0.4) is 0 Å². The number of benzene rings is 1. The van der Waals surface area contributed by atoms with Crippen LogP contribution in [-0.4, -0.2) is 26.9 Å². The number of pyridine rings is 1. The van der Waals surface area contributed by atoms with Crippen molar-refractivity contribution in [1.29, 1.82) is 0 Å². The lowest BCUT2D eigenvalue weighted by Crippen LogP contribution is -2.23. The molecule has 1 aromatic carbocycles. The van der Waals surface area contributed by atoms with Gasteiger partial charge < -0.3 is 4.74 Å². The summed E-state index contributed by atoms with van der Waals surface area (Å²) in [6.45, 7) is 5.34. The molecule has 0 amide bonds. The summed E-state index contributed by atoms with van der Waals surface area (Å²) in [4.78, 5) is 23.3. The van der Waals surface area contributed by atoms with Crippen LogP contribution in [0.25, 0.3) is 20.4 Å². The minimum atomic E-state index is -0.291. The highest BCUT2D eigenvalue weighted by molar-refractivity contribution is 7.99. The number of ether oxygens (including phenoxy) is 1. The molecule has 3 heterocycles. The molecule has 0 radical (unpaired) electrons. The van der Waals surface area contributed by atoms with Crippen molar-refractivity contribution in [1.82, 2.24) is 14.5 Å². The topological polar surface area (TPSA) is 57.0 Å². The fourth-order valence-corrected chi connectivity index (χ4v) is 4.93. The summed E-state index contributed by atoms with van der Waals surface area (Å²) in [7, 11) is 0. The fraction of sp³-hybridized carbons (Fsp3) is 0.318. The van der Waals surface area contributed by atoms with Crippen molar-refractivity contribution in [3.63, 3.8) is 0 Å². The highest BCUT2D eigenvalue weighted by Gasteiger charge is 2.17. The van der Waals surface area contributed by atoms with Gasteiger partial charge >= 0.3 is 0 Å². The molecule has 0 aliphatic heterocycles. The highest BCUT2D eigenvalue weighted by Crippen LogP contribution is 2.30. The molecular weight excluding hydrogens is 421 g/mol. The molecule has 0 atom stereocenters. The molecule has 0 fully saturated rings. The maximum Gasteiger partial charge on any atom is 0.272 e. The van der Waals surface area contributed by atoms with E-state index in [2.05, 4.69) is 18.8 Å². The van der Waals surface area contributed by atoms with Crippen LogP contribution in [0.4, 0.5) is 4.39 Å². The number of nitrogens with zero attached hydrogens (tertiary/aromatic N) is 3. The monoisotopic (exact) mass is 443 g/mol. The summed E-state index contributed by atoms with van der Waals surface area (Å²) in [6.07, 6.45) is 2.63. The van der Waals surface area contributed by atoms with Crippen LogP contribution in [0.2, 0.25) is 0 Å². The lowest BCUT2D eigenvalue weighted by Gasteiger charge is -2.13. The lowest BCUT2D eigenvalue weighted by molar-refractivity contribution is 0.343. The molecule has 8 heteroatoms. The van der Waals surface area contributed by atoms with Gasteiger partial charge in [-0.3, -0.25) is 9.36 Å². The lowest BCUT2D eigenvalue weighted by atomic mass is 10.1. The van der Waals surface area contributed by atoms with Crippen LogP contribution < -0.4 is 10.3 Å². The Balaban J connectivity index is 1.60. The maximum atomic E-state index is 13.2. The van der Waals surface area contributed by atoms with E-state index in [4.69, 9.17) is 9.72 Å². The fourth-order valence-electron chi connectivity index (χ4n) is 3.06. The van der Waals surface area contributed by atoms with E-state index >= 15 is 0 Å². The summed E-state index contributed by atoms with van der Waals surface area (Å²) in [6, 6.07) is 9.78. The second-order valence-corrected chi connectivity index (χ2v) is 9.38. The zero-order valence-corrected chi connectivity index (χ0v) is 18.4. The second-order valence-electron chi connectivity index (χ2n) is 7.32. The van der Waals surface area contributed by atoms with Crippen molar-refractivity contribution in [3.05, 3.63) is 58.8 Å². The van der Waals surface area contributed by atoms with E-state index in [1.165, 1.54) is 35.2 Å². The Morgan fingerprint density at radius 1 is 1.23 bits per heavy atom. The first-order valence-corrected chi connectivity index (χ1v) is 11.6. The van der Waals surface area contributed by atoms with Gasteiger partial charge in [-0.25, -0.2) is 14.4 Å². The van der Waals surface area contributed by atoms with Crippen LogP contribution in [0.15, 0.2) is 52.5 Å². The first kappa shape index (κ1) is 20.8. The second kappa shape index (κ2) is 9.14. The molecule has 0 unspecified atom stereocenters. The van der Waals surface area contributed by atoms with Gasteiger partial charge in [0.1, 0.15) is 21.1 Å². The third-order valence-electron chi connectivity index (χ3n) is 4.64. The van der Waals surface area contributed by atoms with Crippen LogP contribution in [0.5, 0.6) is 5.75 Å². The Kier molecular flexibility index (Phi) is 6.34. The van der Waals surface area contributed by atoms with Crippen molar-refractivity contribution in [2.75, 3.05) is 12.4 Å². The molecule has 4 rings (SSSR count). The molecule has 0 aliphatic rings. The quantitative estimate of drug-likeness (QED) is 0.208. The van der Waals surface area contributed by atoms with Gasteiger partial charge in [-0.15, -0.1) is 11.3 Å². The Labute approximate surface area is 181 Å². The van der Waals surface area contributed by atoms with Gasteiger partial charge in [-0.2, -0.15) is 0 Å². The van der Waals surface area contributed by atoms with E-state index in [0.29, 0.717) is 40.4 Å². The number of hydrogen-bond donors (Lipinski definition) is 0. The van der Waals surface area contributed by atoms with Gasteiger partial charge in [0.2, 0.25) is 0 Å². The standard InChI is InChI=1S/C22H22FN3O2S2/c1-14(2)9-11-26-21(27)19-18(17-4-3-10-24-20(17)30-19)25-22(26)29-13-12-28-16-7-5-15(23)6-8-16/h3-8,10,14H,9,11-13H2,1-2H3. The van der Waals surface area contributed by atoms with Crippen LogP contribution >= 0.6 is 23.1 Å². The van der Waals surface area contributed by atoms with Gasteiger partial charge in [-0.05, 0) is 48.7 Å². The minimum Gasteiger partial charge on any atom is -0.493 e. The van der Waals surface area contributed by atoms with Crippen LogP contribution in [0.1, 0.15) is 20.3 Å². The van der Waals surface area contributed by atoms with E-state index in [-0.39, 0.29) is 11.4 Å².